The summed E-state index contributed by atoms with van der Waals surface area (Å²) in [4.78, 5) is 4.14. The lowest BCUT2D eigenvalue weighted by molar-refractivity contribution is 0.342. The summed E-state index contributed by atoms with van der Waals surface area (Å²) >= 11 is 0. The molecule has 0 fully saturated rings. The predicted octanol–water partition coefficient (Wildman–Crippen LogP) is 3.96. The Bertz CT molecular complexity index is 766. The molecule has 2 aromatic carbocycles. The number of rotatable bonds is 4. The summed E-state index contributed by atoms with van der Waals surface area (Å²) in [7, 11) is 0. The van der Waals surface area contributed by atoms with E-state index in [9.17, 15) is 0 Å². The number of ether oxygens (including phenoxy) is 1. The molecule has 21 heavy (non-hydrogen) atoms. The third kappa shape index (κ3) is 2.60. The van der Waals surface area contributed by atoms with Crippen molar-refractivity contribution in [2.75, 3.05) is 17.7 Å². The van der Waals surface area contributed by atoms with Crippen LogP contribution in [-0.2, 0) is 0 Å². The average molecular weight is 279 g/mol. The molecule has 3 rings (SSSR count). The Hall–Kier alpha value is -2.75. The maximum atomic E-state index is 6.16. The molecule has 0 atom stereocenters. The molecule has 3 N–H and O–H groups in total. The fourth-order valence-corrected chi connectivity index (χ4v) is 2.31. The van der Waals surface area contributed by atoms with Crippen LogP contribution in [0.3, 0.4) is 0 Å². The van der Waals surface area contributed by atoms with E-state index in [1.54, 1.807) is 6.20 Å². The Morgan fingerprint density at radius 2 is 1.90 bits per heavy atom. The Labute approximate surface area is 123 Å². The van der Waals surface area contributed by atoms with Crippen molar-refractivity contribution in [3.8, 4) is 5.75 Å². The molecule has 0 spiro atoms. The monoisotopic (exact) mass is 279 g/mol. The largest absolute Gasteiger partial charge is 0.492 e. The summed E-state index contributed by atoms with van der Waals surface area (Å²) in [5.41, 5.74) is 8.61. The van der Waals surface area contributed by atoms with E-state index in [0.29, 0.717) is 18.0 Å². The summed E-state index contributed by atoms with van der Waals surface area (Å²) in [5, 5.41) is 5.57. The van der Waals surface area contributed by atoms with Crippen LogP contribution in [0, 0.1) is 0 Å². The molecule has 0 aliphatic heterocycles. The summed E-state index contributed by atoms with van der Waals surface area (Å²) in [6, 6.07) is 13.8. The van der Waals surface area contributed by atoms with Gasteiger partial charge in [0.15, 0.2) is 0 Å². The molecule has 3 aromatic rings. The predicted molar refractivity (Wildman–Crippen MR) is 87.0 cm³/mol. The highest BCUT2D eigenvalue weighted by Crippen LogP contribution is 2.33. The first-order valence-corrected chi connectivity index (χ1v) is 6.90. The van der Waals surface area contributed by atoms with Crippen LogP contribution in [0.2, 0.25) is 0 Å². The zero-order chi connectivity index (χ0) is 14.7. The minimum absolute atomic E-state index is 0.591. The number of nitrogens with one attached hydrogen (secondary N) is 1. The lowest BCUT2D eigenvalue weighted by atomic mass is 10.1. The molecule has 106 valence electrons. The van der Waals surface area contributed by atoms with Crippen LogP contribution in [0.4, 0.5) is 17.1 Å². The molecule has 1 aromatic heterocycles. The summed E-state index contributed by atoms with van der Waals surface area (Å²) in [5.74, 6) is 0.699. The summed E-state index contributed by atoms with van der Waals surface area (Å²) < 4.78 is 5.53. The molecule has 0 radical (unpaired) electrons. The number of anilines is 3. The number of fused-ring (bicyclic) bond motifs is 1. The van der Waals surface area contributed by atoms with Crippen molar-refractivity contribution in [1.82, 2.24) is 4.98 Å². The first-order valence-electron chi connectivity index (χ1n) is 6.90. The zero-order valence-electron chi connectivity index (χ0n) is 11.8. The van der Waals surface area contributed by atoms with Gasteiger partial charge in [0.1, 0.15) is 5.75 Å². The van der Waals surface area contributed by atoms with E-state index < -0.39 is 0 Å². The number of nitrogens with zero attached hydrogens (tertiary/aromatic N) is 1. The maximum absolute atomic E-state index is 6.16. The van der Waals surface area contributed by atoms with Gasteiger partial charge in [-0.25, -0.2) is 0 Å². The van der Waals surface area contributed by atoms with Gasteiger partial charge >= 0.3 is 0 Å². The summed E-state index contributed by atoms with van der Waals surface area (Å²) in [6.45, 7) is 2.53. The standard InChI is InChI=1S/C17H17N3O/c1-2-21-16-8-4-7-15(17(16)18)20-14-6-3-5-12-11-19-10-9-13(12)14/h3-11,20H,2,18H2,1H3. The van der Waals surface area contributed by atoms with E-state index >= 15 is 0 Å². The van der Waals surface area contributed by atoms with Crippen LogP contribution < -0.4 is 15.8 Å². The lowest BCUT2D eigenvalue weighted by Crippen LogP contribution is -2.01. The van der Waals surface area contributed by atoms with E-state index in [-0.39, 0.29) is 0 Å². The van der Waals surface area contributed by atoms with Gasteiger partial charge < -0.3 is 15.8 Å². The van der Waals surface area contributed by atoms with E-state index in [1.165, 1.54) is 0 Å². The highest BCUT2D eigenvalue weighted by molar-refractivity contribution is 5.96. The van der Waals surface area contributed by atoms with Crippen molar-refractivity contribution in [3.05, 3.63) is 54.9 Å². The van der Waals surface area contributed by atoms with Crippen LogP contribution in [0.15, 0.2) is 54.9 Å². The van der Waals surface area contributed by atoms with Gasteiger partial charge in [0, 0.05) is 28.9 Å². The van der Waals surface area contributed by atoms with Crippen LogP contribution in [-0.4, -0.2) is 11.6 Å². The van der Waals surface area contributed by atoms with Gasteiger partial charge in [-0.1, -0.05) is 18.2 Å². The molecule has 1 heterocycles. The van der Waals surface area contributed by atoms with Crippen molar-refractivity contribution in [1.29, 1.82) is 0 Å². The first kappa shape index (κ1) is 13.2. The molecule has 0 aliphatic carbocycles. The molecule has 0 unspecified atom stereocenters. The SMILES string of the molecule is CCOc1cccc(Nc2cccc3cnccc23)c1N. The molecule has 0 amide bonds. The van der Waals surface area contributed by atoms with E-state index in [0.717, 1.165) is 22.1 Å². The molecule has 4 nitrogen and oxygen atoms in total. The molecule has 0 bridgehead atoms. The van der Waals surface area contributed by atoms with Gasteiger partial charge in [-0.3, -0.25) is 4.98 Å². The second kappa shape index (κ2) is 5.71. The van der Waals surface area contributed by atoms with Crippen molar-refractivity contribution >= 4 is 27.8 Å². The molecular formula is C17H17N3O. The van der Waals surface area contributed by atoms with E-state index in [1.807, 2.05) is 55.6 Å². The first-order chi connectivity index (χ1) is 10.3. The number of para-hydroxylation sites is 1. The van der Waals surface area contributed by atoms with E-state index in [2.05, 4.69) is 10.3 Å². The molecular weight excluding hydrogens is 262 g/mol. The van der Waals surface area contributed by atoms with Gasteiger partial charge in [0.2, 0.25) is 0 Å². The number of hydrogen-bond acceptors (Lipinski definition) is 4. The molecule has 0 saturated heterocycles. The van der Waals surface area contributed by atoms with E-state index in [4.69, 9.17) is 10.5 Å². The number of nitrogens with two attached hydrogens (primary N) is 1. The zero-order valence-corrected chi connectivity index (χ0v) is 11.8. The van der Waals surface area contributed by atoms with Gasteiger partial charge in [-0.05, 0) is 31.2 Å². The Morgan fingerprint density at radius 3 is 2.76 bits per heavy atom. The fourth-order valence-electron chi connectivity index (χ4n) is 2.31. The molecule has 4 heteroatoms. The molecule has 0 aliphatic rings. The van der Waals surface area contributed by atoms with Gasteiger partial charge in [-0.15, -0.1) is 0 Å². The lowest BCUT2D eigenvalue weighted by Gasteiger charge is -2.14. The van der Waals surface area contributed by atoms with Crippen LogP contribution in [0.25, 0.3) is 10.8 Å². The van der Waals surface area contributed by atoms with Gasteiger partial charge in [-0.2, -0.15) is 0 Å². The van der Waals surface area contributed by atoms with Crippen molar-refractivity contribution in [2.45, 2.75) is 6.92 Å². The summed E-state index contributed by atoms with van der Waals surface area (Å²) in [6.07, 6.45) is 3.63. The number of pyridine rings is 1. The van der Waals surface area contributed by atoms with Crippen molar-refractivity contribution < 1.29 is 4.74 Å². The van der Waals surface area contributed by atoms with Crippen molar-refractivity contribution in [2.24, 2.45) is 0 Å². The van der Waals surface area contributed by atoms with Gasteiger partial charge in [0.05, 0.1) is 18.0 Å². The van der Waals surface area contributed by atoms with Crippen LogP contribution in [0.1, 0.15) is 6.92 Å². The second-order valence-electron chi connectivity index (χ2n) is 4.68. The van der Waals surface area contributed by atoms with Crippen molar-refractivity contribution in [3.63, 3.8) is 0 Å². The number of hydrogen-bond donors (Lipinski definition) is 2. The Morgan fingerprint density at radius 1 is 1.10 bits per heavy atom. The number of aromatic nitrogens is 1. The minimum atomic E-state index is 0.591. The van der Waals surface area contributed by atoms with Crippen LogP contribution >= 0.6 is 0 Å². The quantitative estimate of drug-likeness (QED) is 0.710. The average Bonchev–Trinajstić information content (AvgIpc) is 2.52. The van der Waals surface area contributed by atoms with Gasteiger partial charge in [0.25, 0.3) is 0 Å². The number of benzene rings is 2. The normalized spacial score (nSPS) is 10.5. The smallest absolute Gasteiger partial charge is 0.144 e. The maximum Gasteiger partial charge on any atom is 0.144 e. The highest BCUT2D eigenvalue weighted by atomic mass is 16.5. The fraction of sp³-hybridized carbons (Fsp3) is 0.118. The minimum Gasteiger partial charge on any atom is -0.492 e. The van der Waals surface area contributed by atoms with Crippen LogP contribution in [0.5, 0.6) is 5.75 Å². The highest BCUT2D eigenvalue weighted by Gasteiger charge is 2.07. The third-order valence-electron chi connectivity index (χ3n) is 3.32. The molecule has 0 saturated carbocycles. The second-order valence-corrected chi connectivity index (χ2v) is 4.68. The topological polar surface area (TPSA) is 60.2 Å². The Balaban J connectivity index is 2.01. The third-order valence-corrected chi connectivity index (χ3v) is 3.32. The number of nitrogen functional groups attached to an aromatic ring is 1. The Kier molecular flexibility index (Phi) is 3.60.